The van der Waals surface area contributed by atoms with E-state index in [9.17, 15) is 0 Å². The highest BCUT2D eigenvalue weighted by Gasteiger charge is 2.08. The van der Waals surface area contributed by atoms with E-state index in [1.807, 2.05) is 19.1 Å². The first-order valence-corrected chi connectivity index (χ1v) is 6.58. The van der Waals surface area contributed by atoms with Crippen molar-refractivity contribution in [2.75, 3.05) is 17.2 Å². The van der Waals surface area contributed by atoms with Crippen LogP contribution in [0.3, 0.4) is 0 Å². The van der Waals surface area contributed by atoms with Gasteiger partial charge in [-0.2, -0.15) is 0 Å². The van der Waals surface area contributed by atoms with Crippen molar-refractivity contribution in [1.29, 1.82) is 0 Å². The number of hydrogen-bond donors (Lipinski definition) is 1. The highest BCUT2D eigenvalue weighted by Crippen LogP contribution is 2.22. The summed E-state index contributed by atoms with van der Waals surface area (Å²) in [7, 11) is 0. The zero-order valence-corrected chi connectivity index (χ0v) is 11.0. The van der Waals surface area contributed by atoms with Crippen LogP contribution in [0.2, 0.25) is 0 Å². The summed E-state index contributed by atoms with van der Waals surface area (Å²) in [5.41, 5.74) is 8.83. The Balaban J connectivity index is 2.12. The van der Waals surface area contributed by atoms with Crippen molar-refractivity contribution in [3.63, 3.8) is 0 Å². The maximum absolute atomic E-state index is 5.68. The Morgan fingerprint density at radius 3 is 2.53 bits per heavy atom. The summed E-state index contributed by atoms with van der Waals surface area (Å²) >= 11 is 1.69. The van der Waals surface area contributed by atoms with Gasteiger partial charge in [-0.1, -0.05) is 12.1 Å². The lowest BCUT2D eigenvalue weighted by Gasteiger charge is -2.19. The summed E-state index contributed by atoms with van der Waals surface area (Å²) in [6, 6.07) is 8.02. The number of aromatic nitrogens is 1. The average Bonchev–Trinajstić information content (AvgIpc) is 2.75. The molecular weight excluding hydrogens is 230 g/mol. The fourth-order valence-corrected chi connectivity index (χ4v) is 2.51. The molecule has 0 aliphatic rings. The van der Waals surface area contributed by atoms with E-state index in [1.54, 1.807) is 11.3 Å². The molecule has 1 aromatic carbocycles. The van der Waals surface area contributed by atoms with Gasteiger partial charge in [-0.25, -0.2) is 4.98 Å². The van der Waals surface area contributed by atoms with Crippen LogP contribution in [0, 0.1) is 6.92 Å². The molecule has 0 unspecified atom stereocenters. The van der Waals surface area contributed by atoms with Crippen molar-refractivity contribution in [3.8, 4) is 0 Å². The van der Waals surface area contributed by atoms with Crippen LogP contribution in [-0.2, 0) is 6.54 Å². The molecule has 1 aromatic heterocycles. The van der Waals surface area contributed by atoms with Crippen molar-refractivity contribution >= 4 is 22.2 Å². The largest absolute Gasteiger partial charge is 0.399 e. The predicted molar refractivity (Wildman–Crippen MR) is 74.4 cm³/mol. The average molecular weight is 247 g/mol. The summed E-state index contributed by atoms with van der Waals surface area (Å²) < 4.78 is 0. The Morgan fingerprint density at radius 1 is 1.29 bits per heavy atom. The van der Waals surface area contributed by atoms with Crippen LogP contribution >= 0.6 is 11.3 Å². The van der Waals surface area contributed by atoms with E-state index in [4.69, 9.17) is 5.73 Å². The van der Waals surface area contributed by atoms with E-state index in [0.29, 0.717) is 0 Å². The van der Waals surface area contributed by atoms with Crippen LogP contribution in [0.25, 0.3) is 0 Å². The first-order valence-electron chi connectivity index (χ1n) is 5.70. The molecule has 0 atom stereocenters. The fraction of sp³-hybridized carbons (Fsp3) is 0.308. The van der Waals surface area contributed by atoms with Gasteiger partial charge in [0.05, 0.1) is 5.69 Å². The number of thiazole rings is 1. The summed E-state index contributed by atoms with van der Waals surface area (Å²) in [5.74, 6) is 0. The molecule has 0 fully saturated rings. The Morgan fingerprint density at radius 2 is 2.00 bits per heavy atom. The lowest BCUT2D eigenvalue weighted by Crippen LogP contribution is -2.21. The van der Waals surface area contributed by atoms with Crippen molar-refractivity contribution in [2.24, 2.45) is 0 Å². The number of hydrogen-bond acceptors (Lipinski definition) is 4. The van der Waals surface area contributed by atoms with Crippen LogP contribution in [0.1, 0.15) is 18.2 Å². The van der Waals surface area contributed by atoms with Gasteiger partial charge in [0.25, 0.3) is 0 Å². The molecule has 1 heterocycles. The van der Waals surface area contributed by atoms with E-state index in [-0.39, 0.29) is 0 Å². The van der Waals surface area contributed by atoms with E-state index < -0.39 is 0 Å². The fourth-order valence-electron chi connectivity index (χ4n) is 1.64. The molecule has 0 saturated carbocycles. The molecule has 2 N–H and O–H groups in total. The lowest BCUT2D eigenvalue weighted by molar-refractivity contribution is 0.824. The second-order valence-corrected chi connectivity index (χ2v) is 4.86. The number of nitrogens with two attached hydrogens (primary N) is 1. The SMILES string of the molecule is CCN(Cc1ccc(N)cc1)c1nc(C)cs1. The first-order chi connectivity index (χ1) is 8.19. The van der Waals surface area contributed by atoms with Gasteiger partial charge in [-0.05, 0) is 31.5 Å². The summed E-state index contributed by atoms with van der Waals surface area (Å²) in [6.45, 7) is 6.01. The normalized spacial score (nSPS) is 10.5. The second-order valence-electron chi connectivity index (χ2n) is 4.03. The molecule has 0 bridgehead atoms. The van der Waals surface area contributed by atoms with Gasteiger partial charge in [-0.15, -0.1) is 11.3 Å². The van der Waals surface area contributed by atoms with Crippen LogP contribution in [0.15, 0.2) is 29.6 Å². The molecule has 2 rings (SSSR count). The number of nitrogens with zero attached hydrogens (tertiary/aromatic N) is 2. The third-order valence-corrected chi connectivity index (χ3v) is 3.63. The Hall–Kier alpha value is -1.55. The van der Waals surface area contributed by atoms with E-state index in [1.165, 1.54) is 5.56 Å². The third-order valence-electron chi connectivity index (χ3n) is 2.61. The minimum atomic E-state index is 0.807. The molecule has 0 radical (unpaired) electrons. The number of aryl methyl sites for hydroxylation is 1. The number of benzene rings is 1. The number of rotatable bonds is 4. The van der Waals surface area contributed by atoms with E-state index >= 15 is 0 Å². The second kappa shape index (κ2) is 5.19. The molecular formula is C13H17N3S. The zero-order valence-electron chi connectivity index (χ0n) is 10.2. The van der Waals surface area contributed by atoms with Crippen LogP contribution in [-0.4, -0.2) is 11.5 Å². The molecule has 0 amide bonds. The minimum Gasteiger partial charge on any atom is -0.399 e. The summed E-state index contributed by atoms with van der Waals surface area (Å²) in [6.07, 6.45) is 0. The molecule has 90 valence electrons. The molecule has 0 aliphatic heterocycles. The van der Waals surface area contributed by atoms with Gasteiger partial charge in [-0.3, -0.25) is 0 Å². The smallest absolute Gasteiger partial charge is 0.185 e. The Bertz CT molecular complexity index is 476. The molecule has 2 aromatic rings. The molecule has 0 saturated heterocycles. The van der Waals surface area contributed by atoms with Gasteiger partial charge < -0.3 is 10.6 Å². The van der Waals surface area contributed by atoms with Gasteiger partial charge in [0.1, 0.15) is 0 Å². The maximum Gasteiger partial charge on any atom is 0.185 e. The van der Waals surface area contributed by atoms with Crippen LogP contribution in [0.4, 0.5) is 10.8 Å². The van der Waals surface area contributed by atoms with Gasteiger partial charge in [0.15, 0.2) is 5.13 Å². The third kappa shape index (κ3) is 2.97. The minimum absolute atomic E-state index is 0.807. The van der Waals surface area contributed by atoms with Crippen molar-refractivity contribution < 1.29 is 0 Å². The van der Waals surface area contributed by atoms with Crippen molar-refractivity contribution in [1.82, 2.24) is 4.98 Å². The number of anilines is 2. The lowest BCUT2D eigenvalue weighted by atomic mass is 10.2. The Kier molecular flexibility index (Phi) is 3.64. The van der Waals surface area contributed by atoms with E-state index in [2.05, 4.69) is 34.3 Å². The predicted octanol–water partition coefficient (Wildman–Crippen LogP) is 3.06. The van der Waals surface area contributed by atoms with Gasteiger partial charge in [0.2, 0.25) is 0 Å². The molecule has 17 heavy (non-hydrogen) atoms. The molecule has 3 nitrogen and oxygen atoms in total. The molecule has 0 aliphatic carbocycles. The number of nitrogen functional groups attached to an aromatic ring is 1. The van der Waals surface area contributed by atoms with Crippen molar-refractivity contribution in [2.45, 2.75) is 20.4 Å². The topological polar surface area (TPSA) is 42.1 Å². The highest BCUT2D eigenvalue weighted by molar-refractivity contribution is 7.13. The molecule has 0 spiro atoms. The van der Waals surface area contributed by atoms with Crippen LogP contribution < -0.4 is 10.6 Å². The first kappa shape index (κ1) is 11.9. The van der Waals surface area contributed by atoms with Crippen LogP contribution in [0.5, 0.6) is 0 Å². The highest BCUT2D eigenvalue weighted by atomic mass is 32.1. The van der Waals surface area contributed by atoms with Crippen molar-refractivity contribution in [3.05, 3.63) is 40.9 Å². The monoisotopic (exact) mass is 247 g/mol. The zero-order chi connectivity index (χ0) is 12.3. The van der Waals surface area contributed by atoms with Gasteiger partial charge >= 0.3 is 0 Å². The maximum atomic E-state index is 5.68. The quantitative estimate of drug-likeness (QED) is 0.844. The summed E-state index contributed by atoms with van der Waals surface area (Å²) in [5, 5.41) is 3.17. The molecule has 4 heteroatoms. The summed E-state index contributed by atoms with van der Waals surface area (Å²) in [4.78, 5) is 6.78. The Labute approximate surface area is 106 Å². The van der Waals surface area contributed by atoms with E-state index in [0.717, 1.165) is 29.6 Å². The van der Waals surface area contributed by atoms with Gasteiger partial charge in [0, 0.05) is 24.2 Å². The standard InChI is InChI=1S/C13H17N3S/c1-3-16(13-15-10(2)9-17-13)8-11-4-6-12(14)7-5-11/h4-7,9H,3,8,14H2,1-2H3.